The number of fused-ring (bicyclic) bond motifs is 3. The summed E-state index contributed by atoms with van der Waals surface area (Å²) in [6, 6.07) is 6.69. The standard InChI is InChI=1S/C23H22N8O2/c1-29-10-24-22-20(29)23(32)31(11-25-22)9-18-27-21(28-33-18)19-15-6-13(7-16(15)19)12-3-4-17-14(5-12)8-26-30(17)2/h3-5,8,10-11,13,15-16,19H,6-7,9H2,1-2H3/t13?,15-,16+,19?. The van der Waals surface area contributed by atoms with Crippen LogP contribution in [0.15, 0.2) is 46.4 Å². The van der Waals surface area contributed by atoms with Gasteiger partial charge in [-0.3, -0.25) is 14.0 Å². The van der Waals surface area contributed by atoms with Gasteiger partial charge in [-0.05, 0) is 48.3 Å². The van der Waals surface area contributed by atoms with Crippen LogP contribution in [0.2, 0.25) is 0 Å². The van der Waals surface area contributed by atoms with Gasteiger partial charge in [0, 0.05) is 25.4 Å². The van der Waals surface area contributed by atoms with E-state index in [-0.39, 0.29) is 12.1 Å². The predicted molar refractivity (Wildman–Crippen MR) is 119 cm³/mol. The minimum Gasteiger partial charge on any atom is -0.337 e. The van der Waals surface area contributed by atoms with Crippen LogP contribution in [0.3, 0.4) is 0 Å². The molecule has 4 aromatic heterocycles. The lowest BCUT2D eigenvalue weighted by molar-refractivity contribution is 0.363. The average molecular weight is 442 g/mol. The minimum atomic E-state index is -0.170. The van der Waals surface area contributed by atoms with E-state index in [0.29, 0.717) is 40.7 Å². The van der Waals surface area contributed by atoms with E-state index in [1.165, 1.54) is 21.8 Å². The zero-order valence-corrected chi connectivity index (χ0v) is 18.3. The fraction of sp³-hybridized carbons (Fsp3) is 0.391. The summed E-state index contributed by atoms with van der Waals surface area (Å²) in [6.07, 6.45) is 7.29. The zero-order chi connectivity index (χ0) is 22.3. The number of hydrogen-bond acceptors (Lipinski definition) is 7. The molecule has 4 heterocycles. The van der Waals surface area contributed by atoms with E-state index < -0.39 is 0 Å². The molecule has 1 aromatic carbocycles. The number of aryl methyl sites for hydroxylation is 2. The highest BCUT2D eigenvalue weighted by molar-refractivity contribution is 5.79. The molecule has 0 bridgehead atoms. The summed E-state index contributed by atoms with van der Waals surface area (Å²) in [5, 5.41) is 9.80. The van der Waals surface area contributed by atoms with Crippen molar-refractivity contribution in [3.63, 3.8) is 0 Å². The van der Waals surface area contributed by atoms with Gasteiger partial charge < -0.3 is 9.09 Å². The Bertz CT molecular complexity index is 1580. The van der Waals surface area contributed by atoms with Crippen molar-refractivity contribution < 1.29 is 4.52 Å². The maximum Gasteiger partial charge on any atom is 0.280 e. The van der Waals surface area contributed by atoms with Gasteiger partial charge in [-0.2, -0.15) is 10.1 Å². The summed E-state index contributed by atoms with van der Waals surface area (Å²) in [6.45, 7) is 0.204. The molecular formula is C23H22N8O2. The second kappa shape index (κ2) is 6.60. The predicted octanol–water partition coefficient (Wildman–Crippen LogP) is 2.36. The molecule has 0 radical (unpaired) electrons. The van der Waals surface area contributed by atoms with Crippen LogP contribution in [0.1, 0.15) is 42.0 Å². The van der Waals surface area contributed by atoms with Gasteiger partial charge >= 0.3 is 0 Å². The van der Waals surface area contributed by atoms with Crippen LogP contribution in [-0.2, 0) is 20.6 Å². The molecule has 2 aliphatic carbocycles. The van der Waals surface area contributed by atoms with E-state index in [9.17, 15) is 4.79 Å². The fourth-order valence-electron chi connectivity index (χ4n) is 5.73. The van der Waals surface area contributed by atoms with E-state index in [1.54, 1.807) is 17.9 Å². The molecule has 33 heavy (non-hydrogen) atoms. The van der Waals surface area contributed by atoms with E-state index in [1.807, 2.05) is 17.9 Å². The highest BCUT2D eigenvalue weighted by Gasteiger charge is 2.58. The topological polar surface area (TPSA) is 109 Å². The van der Waals surface area contributed by atoms with E-state index in [4.69, 9.17) is 4.52 Å². The van der Waals surface area contributed by atoms with Gasteiger partial charge in [0.05, 0.1) is 18.0 Å². The smallest absolute Gasteiger partial charge is 0.280 e. The van der Waals surface area contributed by atoms with Gasteiger partial charge in [-0.1, -0.05) is 11.2 Å². The van der Waals surface area contributed by atoms with Crippen molar-refractivity contribution in [3.8, 4) is 0 Å². The van der Waals surface area contributed by atoms with Crippen molar-refractivity contribution in [2.75, 3.05) is 0 Å². The Labute approximate surface area is 187 Å². The van der Waals surface area contributed by atoms with Gasteiger partial charge in [-0.15, -0.1) is 0 Å². The number of aromatic nitrogens is 8. The highest BCUT2D eigenvalue weighted by Crippen LogP contribution is 2.66. The van der Waals surface area contributed by atoms with Crippen molar-refractivity contribution in [2.45, 2.75) is 31.2 Å². The van der Waals surface area contributed by atoms with Crippen LogP contribution in [0, 0.1) is 11.8 Å². The Balaban J connectivity index is 1.06. The van der Waals surface area contributed by atoms with Crippen LogP contribution >= 0.6 is 0 Å². The van der Waals surface area contributed by atoms with Crippen molar-refractivity contribution in [3.05, 3.63) is 64.7 Å². The van der Waals surface area contributed by atoms with Crippen molar-refractivity contribution >= 4 is 22.1 Å². The summed E-state index contributed by atoms with van der Waals surface area (Å²) >= 11 is 0. The molecule has 2 saturated carbocycles. The van der Waals surface area contributed by atoms with Crippen LogP contribution in [-0.4, -0.2) is 39.0 Å². The number of hydrogen-bond donors (Lipinski definition) is 0. The van der Waals surface area contributed by atoms with Crippen LogP contribution < -0.4 is 5.56 Å². The van der Waals surface area contributed by atoms with Crippen LogP contribution in [0.5, 0.6) is 0 Å². The Morgan fingerprint density at radius 3 is 2.79 bits per heavy atom. The molecule has 0 aliphatic heterocycles. The summed E-state index contributed by atoms with van der Waals surface area (Å²) in [7, 11) is 3.75. The van der Waals surface area contributed by atoms with Crippen LogP contribution in [0.4, 0.5) is 0 Å². The largest absolute Gasteiger partial charge is 0.337 e. The quantitative estimate of drug-likeness (QED) is 0.420. The van der Waals surface area contributed by atoms with Gasteiger partial charge in [0.15, 0.2) is 17.0 Å². The van der Waals surface area contributed by atoms with E-state index in [0.717, 1.165) is 24.2 Å². The van der Waals surface area contributed by atoms with E-state index >= 15 is 0 Å². The molecule has 5 aromatic rings. The molecule has 7 rings (SSSR count). The molecule has 0 N–H and O–H groups in total. The number of imidazole rings is 1. The number of nitrogens with zero attached hydrogens (tertiary/aromatic N) is 8. The first-order chi connectivity index (χ1) is 16.1. The molecule has 10 nitrogen and oxygen atoms in total. The first kappa shape index (κ1) is 18.7. The SMILES string of the molecule is Cn1cnc2ncn(Cc3nc(C4[C@H]5CC(c6ccc7c(cnn7C)c6)C[C@@H]45)no3)c(=O)c21. The summed E-state index contributed by atoms with van der Waals surface area (Å²) in [4.78, 5) is 25.7. The Hall–Kier alpha value is -3.82. The third kappa shape index (κ3) is 2.79. The number of rotatable bonds is 4. The first-order valence-electron chi connectivity index (χ1n) is 11.2. The second-order valence-electron chi connectivity index (χ2n) is 9.36. The maximum atomic E-state index is 12.7. The third-order valence-corrected chi connectivity index (χ3v) is 7.47. The molecule has 0 spiro atoms. The molecule has 4 atom stereocenters. The molecule has 10 heteroatoms. The zero-order valence-electron chi connectivity index (χ0n) is 18.3. The monoisotopic (exact) mass is 442 g/mol. The molecule has 2 aliphatic rings. The summed E-state index contributed by atoms with van der Waals surface area (Å²) in [5.74, 6) is 3.32. The van der Waals surface area contributed by atoms with Crippen molar-refractivity contribution in [1.29, 1.82) is 0 Å². The lowest BCUT2D eigenvalue weighted by Gasteiger charge is -2.14. The summed E-state index contributed by atoms with van der Waals surface area (Å²) < 4.78 is 10.6. The lowest BCUT2D eigenvalue weighted by Crippen LogP contribution is -2.22. The van der Waals surface area contributed by atoms with Crippen LogP contribution in [0.25, 0.3) is 22.1 Å². The average Bonchev–Trinajstić information content (AvgIpc) is 3.35. The van der Waals surface area contributed by atoms with E-state index in [2.05, 4.69) is 43.4 Å². The number of benzene rings is 1. The normalized spacial score (nSPS) is 24.1. The Kier molecular flexibility index (Phi) is 3.74. The fourth-order valence-corrected chi connectivity index (χ4v) is 5.73. The minimum absolute atomic E-state index is 0.170. The first-order valence-corrected chi connectivity index (χ1v) is 11.2. The molecule has 166 valence electrons. The van der Waals surface area contributed by atoms with Crippen molar-refractivity contribution in [2.24, 2.45) is 25.9 Å². The van der Waals surface area contributed by atoms with Gasteiger partial charge in [-0.25, -0.2) is 9.97 Å². The van der Waals surface area contributed by atoms with Gasteiger partial charge in [0.1, 0.15) is 12.9 Å². The maximum absolute atomic E-state index is 12.7. The molecule has 0 saturated heterocycles. The molecule has 0 amide bonds. The van der Waals surface area contributed by atoms with Gasteiger partial charge in [0.2, 0.25) is 5.89 Å². The second-order valence-corrected chi connectivity index (χ2v) is 9.36. The Morgan fingerprint density at radius 2 is 1.94 bits per heavy atom. The highest BCUT2D eigenvalue weighted by atomic mass is 16.5. The van der Waals surface area contributed by atoms with Gasteiger partial charge in [0.25, 0.3) is 5.56 Å². The summed E-state index contributed by atoms with van der Waals surface area (Å²) in [5.41, 5.74) is 3.29. The molecular weight excluding hydrogens is 420 g/mol. The molecule has 2 unspecified atom stereocenters. The lowest BCUT2D eigenvalue weighted by atomic mass is 9.91. The Morgan fingerprint density at radius 1 is 1.12 bits per heavy atom. The van der Waals surface area contributed by atoms with Crippen molar-refractivity contribution in [1.82, 2.24) is 39.0 Å². The third-order valence-electron chi connectivity index (χ3n) is 7.47. The molecule has 2 fully saturated rings.